The van der Waals surface area contributed by atoms with Crippen LogP contribution in [0, 0.1) is 0 Å². The first-order chi connectivity index (χ1) is 1.73. The molecular formula is C2H8Sb2. The zero-order chi connectivity index (χ0) is 3.58. The Hall–Kier alpha value is 1.64. The first-order valence-corrected chi connectivity index (χ1v) is 5.05. The van der Waals surface area contributed by atoms with Crippen molar-refractivity contribution in [1.82, 2.24) is 0 Å². The third-order valence-electron chi connectivity index (χ3n) is 0. The van der Waals surface area contributed by atoms with E-state index in [1.807, 2.05) is 0 Å². The molecule has 0 aromatic heterocycles. The van der Waals surface area contributed by atoms with Crippen LogP contribution in [0.4, 0.5) is 0 Å². The molecule has 2 heteroatoms. The predicted molar refractivity (Wildman–Crippen MR) is 26.5 cm³/mol. The molecule has 0 atom stereocenters. The molecule has 0 radical (unpaired) electrons. The van der Waals surface area contributed by atoms with Crippen molar-refractivity contribution < 1.29 is 0 Å². The Morgan fingerprint density at radius 2 is 1.50 bits per heavy atom. The monoisotopic (exact) mass is 274 g/mol. The fourth-order valence-electron chi connectivity index (χ4n) is 0. The van der Waals surface area contributed by atoms with Crippen molar-refractivity contribution in [1.29, 1.82) is 0 Å². The summed E-state index contributed by atoms with van der Waals surface area (Å²) in [5.41, 5.74) is 0. The molecular weight excluding hydrogens is 268 g/mol. The van der Waals surface area contributed by atoms with Crippen LogP contribution < -0.4 is 0 Å². The van der Waals surface area contributed by atoms with E-state index in [9.17, 15) is 0 Å². The molecule has 0 amide bonds. The topological polar surface area (TPSA) is 0 Å². The summed E-state index contributed by atoms with van der Waals surface area (Å²) in [6, 6.07) is 0. The minimum atomic E-state index is 1.09. The van der Waals surface area contributed by atoms with Gasteiger partial charge in [0.15, 0.2) is 0 Å². The van der Waals surface area contributed by atoms with Crippen LogP contribution in [0.15, 0.2) is 0 Å². The maximum absolute atomic E-state index is 2.28. The van der Waals surface area contributed by atoms with Crippen molar-refractivity contribution in [3.05, 3.63) is 0 Å². The first-order valence-electron chi connectivity index (χ1n) is 1.24. The Kier molecular flexibility index (Phi) is 4.02. The summed E-state index contributed by atoms with van der Waals surface area (Å²) in [6.45, 7) is 2.28. The molecule has 0 heterocycles. The Balaban J connectivity index is 2.32. The summed E-state index contributed by atoms with van der Waals surface area (Å²) >= 11 is 2.92. The van der Waals surface area contributed by atoms with Crippen molar-refractivity contribution in [3.63, 3.8) is 0 Å². The number of hydrogen-bond donors (Lipinski definition) is 0. The number of hydrogen-bond acceptors (Lipinski definition) is 0. The van der Waals surface area contributed by atoms with Crippen LogP contribution in [0.25, 0.3) is 0 Å². The van der Waals surface area contributed by atoms with Crippen LogP contribution in [0.2, 0.25) is 1.81 Å². The van der Waals surface area contributed by atoms with Crippen molar-refractivity contribution in [2.24, 2.45) is 0 Å². The van der Waals surface area contributed by atoms with E-state index in [1.54, 1.807) is 0 Å². The third kappa shape index (κ3) is 9.44. The minimum absolute atomic E-state index is 1.09. The molecule has 0 aliphatic heterocycles. The molecule has 0 aromatic rings. The summed E-state index contributed by atoms with van der Waals surface area (Å²) < 4.78 is 1.09. The van der Waals surface area contributed by atoms with E-state index in [4.69, 9.17) is 0 Å². The summed E-state index contributed by atoms with van der Waals surface area (Å²) in [5.74, 6) is 0. The molecule has 0 saturated carbocycles. The van der Waals surface area contributed by atoms with Crippen LogP contribution in [-0.4, -0.2) is 46.0 Å². The van der Waals surface area contributed by atoms with Crippen molar-refractivity contribution in [2.75, 3.05) is 0 Å². The number of rotatable bonds is 0. The second kappa shape index (κ2) is 2.85. The first kappa shape index (κ1) is 5.64. The molecule has 0 fully saturated rings. The Bertz CT molecular complexity index is 8.75. The van der Waals surface area contributed by atoms with E-state index in [0.29, 0.717) is 0 Å². The molecule has 4 heavy (non-hydrogen) atoms. The van der Waals surface area contributed by atoms with Gasteiger partial charge in [-0.15, -0.1) is 0 Å². The van der Waals surface area contributed by atoms with E-state index in [-0.39, 0.29) is 0 Å². The van der Waals surface area contributed by atoms with Gasteiger partial charge in [0.25, 0.3) is 0 Å². The second-order valence-electron chi connectivity index (χ2n) is 0.859. The van der Waals surface area contributed by atoms with E-state index in [2.05, 4.69) is 6.92 Å². The average molecular weight is 276 g/mol. The van der Waals surface area contributed by atoms with E-state index in [1.165, 1.54) is 46.0 Å². The van der Waals surface area contributed by atoms with Crippen LogP contribution in [0.5, 0.6) is 0 Å². The van der Waals surface area contributed by atoms with Gasteiger partial charge in [0, 0.05) is 0 Å². The predicted octanol–water partition coefficient (Wildman–Crippen LogP) is -0.982. The molecule has 0 aliphatic carbocycles. The fourth-order valence-corrected chi connectivity index (χ4v) is 0. The molecule has 0 nitrogen and oxygen atoms in total. The van der Waals surface area contributed by atoms with E-state index in [0.717, 1.165) is 1.81 Å². The van der Waals surface area contributed by atoms with Crippen LogP contribution >= 0.6 is 0 Å². The van der Waals surface area contributed by atoms with Gasteiger partial charge in [0.2, 0.25) is 0 Å². The van der Waals surface area contributed by atoms with E-state index < -0.39 is 0 Å². The Morgan fingerprint density at radius 3 is 1.50 bits per heavy atom. The average Bonchev–Trinajstić information content (AvgIpc) is 0.811. The Morgan fingerprint density at radius 1 is 1.50 bits per heavy atom. The van der Waals surface area contributed by atoms with Crippen molar-refractivity contribution >= 4 is 46.0 Å². The molecule has 0 saturated heterocycles. The third-order valence-corrected chi connectivity index (χ3v) is 0. The molecule has 0 aromatic carbocycles. The van der Waals surface area contributed by atoms with Crippen molar-refractivity contribution in [3.8, 4) is 0 Å². The Labute approximate surface area is 54.3 Å². The molecule has 0 spiro atoms. The van der Waals surface area contributed by atoms with Gasteiger partial charge in [0.1, 0.15) is 0 Å². The molecule has 0 N–H and O–H groups in total. The zero-order valence-corrected chi connectivity index (χ0v) is 9.32. The molecule has 0 bridgehead atoms. The molecule has 26 valence electrons. The molecule has 0 aliphatic rings. The van der Waals surface area contributed by atoms with E-state index >= 15 is 0 Å². The zero-order valence-electron chi connectivity index (χ0n) is 2.73. The standard InChI is InChI=1S/C2H4.2Sb.4H/c1-2;;;;;;/h1H,2H3;;;;;;. The molecule has 0 rings (SSSR count). The van der Waals surface area contributed by atoms with Gasteiger partial charge in [-0.05, 0) is 0 Å². The van der Waals surface area contributed by atoms with Gasteiger partial charge in [-0.1, -0.05) is 0 Å². The second-order valence-corrected chi connectivity index (χ2v) is 13.1. The van der Waals surface area contributed by atoms with Crippen molar-refractivity contribution in [2.45, 2.75) is 8.73 Å². The normalized spacial score (nSPS) is 9.00. The van der Waals surface area contributed by atoms with Gasteiger partial charge in [0.05, 0.1) is 0 Å². The quantitative estimate of drug-likeness (QED) is 0.499. The summed E-state index contributed by atoms with van der Waals surface area (Å²) in [6.07, 6.45) is 0. The van der Waals surface area contributed by atoms with Gasteiger partial charge in [-0.25, -0.2) is 0 Å². The fraction of sp³-hybridized carbons (Fsp3) is 1.00. The van der Waals surface area contributed by atoms with Gasteiger partial charge in [-0.3, -0.25) is 0 Å². The SMILES string of the molecule is C[CH]([SbH2])[SbH2]. The van der Waals surface area contributed by atoms with Gasteiger partial charge in [-0.2, -0.15) is 0 Å². The molecule has 0 unspecified atom stereocenters. The summed E-state index contributed by atoms with van der Waals surface area (Å²) in [4.78, 5) is 0. The van der Waals surface area contributed by atoms with Crippen LogP contribution in [-0.2, 0) is 0 Å². The maximum atomic E-state index is 2.28. The van der Waals surface area contributed by atoms with Crippen LogP contribution in [0.3, 0.4) is 0 Å². The summed E-state index contributed by atoms with van der Waals surface area (Å²) in [7, 11) is 0. The summed E-state index contributed by atoms with van der Waals surface area (Å²) in [5, 5.41) is 0. The van der Waals surface area contributed by atoms with Crippen LogP contribution in [0.1, 0.15) is 6.92 Å². The van der Waals surface area contributed by atoms with Gasteiger partial charge >= 0.3 is 54.8 Å². The van der Waals surface area contributed by atoms with Gasteiger partial charge < -0.3 is 0 Å².